The predicted octanol–water partition coefficient (Wildman–Crippen LogP) is 4.07. The summed E-state index contributed by atoms with van der Waals surface area (Å²) in [4.78, 5) is 18.1. The van der Waals surface area contributed by atoms with Crippen molar-refractivity contribution in [3.05, 3.63) is 108 Å². The summed E-state index contributed by atoms with van der Waals surface area (Å²) in [6.45, 7) is 0.336. The third kappa shape index (κ3) is 4.09. The summed E-state index contributed by atoms with van der Waals surface area (Å²) in [6, 6.07) is 29.2. The van der Waals surface area contributed by atoms with E-state index in [0.717, 1.165) is 16.7 Å². The molecule has 0 fully saturated rings. The van der Waals surface area contributed by atoms with Crippen molar-refractivity contribution in [2.45, 2.75) is 12.5 Å². The van der Waals surface area contributed by atoms with Crippen LogP contribution in [0.25, 0.3) is 0 Å². The average Bonchev–Trinajstić information content (AvgIpc) is 2.65. The fourth-order valence-electron chi connectivity index (χ4n) is 2.61. The Labute approximate surface area is 141 Å². The van der Waals surface area contributed by atoms with Gasteiger partial charge in [-0.05, 0) is 16.7 Å². The van der Waals surface area contributed by atoms with Gasteiger partial charge < -0.3 is 0 Å². The van der Waals surface area contributed by atoms with Crippen LogP contribution < -0.4 is 5.48 Å². The number of amides is 1. The molecule has 0 saturated heterocycles. The van der Waals surface area contributed by atoms with E-state index in [4.69, 9.17) is 4.84 Å². The number of hydrogen-bond acceptors (Lipinski definition) is 2. The first-order valence-corrected chi connectivity index (χ1v) is 7.90. The van der Waals surface area contributed by atoms with Gasteiger partial charge in [-0.15, -0.1) is 0 Å². The third-order valence-electron chi connectivity index (χ3n) is 3.78. The summed E-state index contributed by atoms with van der Waals surface area (Å²) in [5, 5.41) is 0. The highest BCUT2D eigenvalue weighted by Gasteiger charge is 2.22. The highest BCUT2D eigenvalue weighted by molar-refractivity contribution is 5.86. The van der Waals surface area contributed by atoms with E-state index in [1.54, 1.807) is 0 Å². The predicted molar refractivity (Wildman–Crippen MR) is 94.1 cm³/mol. The van der Waals surface area contributed by atoms with Crippen molar-refractivity contribution in [1.82, 2.24) is 5.48 Å². The zero-order valence-corrected chi connectivity index (χ0v) is 13.3. The summed E-state index contributed by atoms with van der Waals surface area (Å²) >= 11 is 0. The maximum atomic E-state index is 12.7. The fourth-order valence-corrected chi connectivity index (χ4v) is 2.61. The van der Waals surface area contributed by atoms with Crippen molar-refractivity contribution in [3.8, 4) is 0 Å². The maximum Gasteiger partial charge on any atom is 0.255 e. The van der Waals surface area contributed by atoms with Crippen molar-refractivity contribution < 1.29 is 9.63 Å². The molecule has 0 bridgehead atoms. The van der Waals surface area contributed by atoms with E-state index in [1.807, 2.05) is 91.0 Å². The number of carbonyl (C=O) groups excluding carboxylic acids is 1. The van der Waals surface area contributed by atoms with Gasteiger partial charge in [0.05, 0.1) is 12.5 Å². The Kier molecular flexibility index (Phi) is 5.38. The fraction of sp³-hybridized carbons (Fsp3) is 0.0952. The molecule has 1 amide bonds. The largest absolute Gasteiger partial charge is 0.272 e. The molecule has 0 atom stereocenters. The standard InChI is InChI=1S/C21H19NO2/c23-21(22-24-16-17-10-4-1-5-11-17)20(18-12-6-2-7-13-18)19-14-8-3-9-15-19/h1-15,20H,16H2,(H,22,23). The van der Waals surface area contributed by atoms with Gasteiger partial charge in [0.2, 0.25) is 0 Å². The van der Waals surface area contributed by atoms with Crippen LogP contribution in [0, 0.1) is 0 Å². The second-order valence-corrected chi connectivity index (χ2v) is 5.49. The van der Waals surface area contributed by atoms with Crippen LogP contribution in [0.5, 0.6) is 0 Å². The molecule has 0 unspecified atom stereocenters. The van der Waals surface area contributed by atoms with Gasteiger partial charge in [0.1, 0.15) is 0 Å². The molecule has 0 saturated carbocycles. The quantitative estimate of drug-likeness (QED) is 0.696. The topological polar surface area (TPSA) is 38.3 Å². The monoisotopic (exact) mass is 317 g/mol. The van der Waals surface area contributed by atoms with E-state index < -0.39 is 5.92 Å². The molecular weight excluding hydrogens is 298 g/mol. The lowest BCUT2D eigenvalue weighted by atomic mass is 9.91. The van der Waals surface area contributed by atoms with Crippen molar-refractivity contribution in [3.63, 3.8) is 0 Å². The van der Waals surface area contributed by atoms with Crippen LogP contribution in [0.3, 0.4) is 0 Å². The number of hydroxylamine groups is 1. The lowest BCUT2D eigenvalue weighted by Gasteiger charge is -2.17. The Morgan fingerprint density at radius 2 is 1.21 bits per heavy atom. The first-order valence-electron chi connectivity index (χ1n) is 7.90. The molecule has 0 radical (unpaired) electrons. The first-order chi connectivity index (χ1) is 11.8. The second-order valence-electron chi connectivity index (χ2n) is 5.49. The minimum absolute atomic E-state index is 0.177. The van der Waals surface area contributed by atoms with Gasteiger partial charge >= 0.3 is 0 Å². The molecule has 24 heavy (non-hydrogen) atoms. The molecule has 3 heteroatoms. The zero-order chi connectivity index (χ0) is 16.6. The van der Waals surface area contributed by atoms with Crippen LogP contribution in [0.4, 0.5) is 0 Å². The van der Waals surface area contributed by atoms with E-state index >= 15 is 0 Å². The number of benzene rings is 3. The molecule has 0 aromatic heterocycles. The Morgan fingerprint density at radius 1 is 0.750 bits per heavy atom. The molecule has 0 aliphatic heterocycles. The minimum atomic E-state index is -0.400. The van der Waals surface area contributed by atoms with Gasteiger partial charge in [0.15, 0.2) is 0 Å². The summed E-state index contributed by atoms with van der Waals surface area (Å²) < 4.78 is 0. The van der Waals surface area contributed by atoms with Crippen LogP contribution in [0.1, 0.15) is 22.6 Å². The Bertz CT molecular complexity index is 718. The zero-order valence-electron chi connectivity index (χ0n) is 13.3. The number of carbonyl (C=O) groups is 1. The van der Waals surface area contributed by atoms with Crippen molar-refractivity contribution in [1.29, 1.82) is 0 Å². The van der Waals surface area contributed by atoms with Gasteiger partial charge in [0.25, 0.3) is 5.91 Å². The molecule has 0 heterocycles. The minimum Gasteiger partial charge on any atom is -0.272 e. The molecule has 0 spiro atoms. The van der Waals surface area contributed by atoms with E-state index in [9.17, 15) is 4.79 Å². The van der Waals surface area contributed by atoms with Crippen LogP contribution in [-0.2, 0) is 16.2 Å². The molecule has 0 aliphatic carbocycles. The number of rotatable bonds is 6. The summed E-state index contributed by atoms with van der Waals surface area (Å²) in [7, 11) is 0. The Hall–Kier alpha value is -2.91. The number of hydrogen-bond donors (Lipinski definition) is 1. The molecular formula is C21H19NO2. The summed E-state index contributed by atoms with van der Waals surface area (Å²) in [5.74, 6) is -0.577. The maximum absolute atomic E-state index is 12.7. The average molecular weight is 317 g/mol. The van der Waals surface area contributed by atoms with Crippen LogP contribution >= 0.6 is 0 Å². The van der Waals surface area contributed by atoms with Crippen molar-refractivity contribution in [2.24, 2.45) is 0 Å². The molecule has 1 N–H and O–H groups in total. The molecule has 3 aromatic rings. The molecule has 3 aromatic carbocycles. The second kappa shape index (κ2) is 8.09. The van der Waals surface area contributed by atoms with Gasteiger partial charge in [-0.2, -0.15) is 0 Å². The SMILES string of the molecule is O=C(NOCc1ccccc1)C(c1ccccc1)c1ccccc1. The Balaban J connectivity index is 1.72. The summed E-state index contributed by atoms with van der Waals surface area (Å²) in [5.41, 5.74) is 5.47. The number of nitrogens with one attached hydrogen (secondary N) is 1. The van der Waals surface area contributed by atoms with E-state index in [2.05, 4.69) is 5.48 Å². The molecule has 3 rings (SSSR count). The lowest BCUT2D eigenvalue weighted by molar-refractivity contribution is -0.135. The summed E-state index contributed by atoms with van der Waals surface area (Å²) in [6.07, 6.45) is 0. The van der Waals surface area contributed by atoms with Crippen LogP contribution in [-0.4, -0.2) is 5.91 Å². The Morgan fingerprint density at radius 3 is 1.71 bits per heavy atom. The highest BCUT2D eigenvalue weighted by Crippen LogP contribution is 2.24. The van der Waals surface area contributed by atoms with Crippen LogP contribution in [0.2, 0.25) is 0 Å². The van der Waals surface area contributed by atoms with Crippen molar-refractivity contribution >= 4 is 5.91 Å². The van der Waals surface area contributed by atoms with E-state index in [-0.39, 0.29) is 5.91 Å². The van der Waals surface area contributed by atoms with E-state index in [0.29, 0.717) is 6.61 Å². The van der Waals surface area contributed by atoms with Gasteiger partial charge in [-0.3, -0.25) is 9.63 Å². The lowest BCUT2D eigenvalue weighted by Crippen LogP contribution is -2.30. The van der Waals surface area contributed by atoms with Gasteiger partial charge in [0, 0.05) is 0 Å². The molecule has 0 aliphatic rings. The smallest absolute Gasteiger partial charge is 0.255 e. The van der Waals surface area contributed by atoms with Crippen molar-refractivity contribution in [2.75, 3.05) is 0 Å². The third-order valence-corrected chi connectivity index (χ3v) is 3.78. The van der Waals surface area contributed by atoms with E-state index in [1.165, 1.54) is 0 Å². The normalized spacial score (nSPS) is 10.5. The molecule has 120 valence electrons. The highest BCUT2D eigenvalue weighted by atomic mass is 16.6. The molecule has 3 nitrogen and oxygen atoms in total. The first kappa shape index (κ1) is 16.0. The van der Waals surface area contributed by atoms with Gasteiger partial charge in [-0.25, -0.2) is 5.48 Å². The van der Waals surface area contributed by atoms with Crippen LogP contribution in [0.15, 0.2) is 91.0 Å². The van der Waals surface area contributed by atoms with Gasteiger partial charge in [-0.1, -0.05) is 91.0 Å².